The largest absolute Gasteiger partial charge is 0.393 e. The SMILES string of the molecule is CC1CC(C)(C)CCC1NC(=O)NC1CCC(O)CC1. The predicted octanol–water partition coefficient (Wildman–Crippen LogP) is 2.80. The van der Waals surface area contributed by atoms with Crippen LogP contribution in [0.4, 0.5) is 4.79 Å². The zero-order valence-electron chi connectivity index (χ0n) is 13.1. The van der Waals surface area contributed by atoms with Gasteiger partial charge < -0.3 is 15.7 Å². The van der Waals surface area contributed by atoms with Crippen molar-refractivity contribution < 1.29 is 9.90 Å². The molecule has 0 aromatic carbocycles. The predicted molar refractivity (Wildman–Crippen MR) is 80.5 cm³/mol. The highest BCUT2D eigenvalue weighted by atomic mass is 16.3. The monoisotopic (exact) mass is 282 g/mol. The second-order valence-corrected chi connectivity index (χ2v) is 7.61. The van der Waals surface area contributed by atoms with Gasteiger partial charge in [-0.1, -0.05) is 20.8 Å². The van der Waals surface area contributed by atoms with Crippen LogP contribution in [0.15, 0.2) is 0 Å². The van der Waals surface area contributed by atoms with E-state index < -0.39 is 0 Å². The minimum Gasteiger partial charge on any atom is -0.393 e. The van der Waals surface area contributed by atoms with Crippen molar-refractivity contribution in [1.82, 2.24) is 10.6 Å². The van der Waals surface area contributed by atoms with E-state index in [0.29, 0.717) is 17.4 Å². The number of urea groups is 1. The lowest BCUT2D eigenvalue weighted by atomic mass is 9.70. The molecule has 20 heavy (non-hydrogen) atoms. The molecule has 2 aliphatic rings. The topological polar surface area (TPSA) is 61.4 Å². The summed E-state index contributed by atoms with van der Waals surface area (Å²) in [6, 6.07) is 0.508. The molecular weight excluding hydrogens is 252 g/mol. The Bertz CT molecular complexity index is 335. The average molecular weight is 282 g/mol. The highest BCUT2D eigenvalue weighted by Crippen LogP contribution is 2.38. The Hall–Kier alpha value is -0.770. The van der Waals surface area contributed by atoms with Crippen molar-refractivity contribution in [2.24, 2.45) is 11.3 Å². The molecule has 2 aliphatic carbocycles. The van der Waals surface area contributed by atoms with E-state index in [2.05, 4.69) is 31.4 Å². The number of carbonyl (C=O) groups is 1. The third-order valence-electron chi connectivity index (χ3n) is 5.04. The fourth-order valence-corrected chi connectivity index (χ4v) is 3.78. The second-order valence-electron chi connectivity index (χ2n) is 7.61. The van der Waals surface area contributed by atoms with Crippen molar-refractivity contribution in [2.75, 3.05) is 0 Å². The van der Waals surface area contributed by atoms with E-state index in [4.69, 9.17) is 0 Å². The second kappa shape index (κ2) is 6.33. The van der Waals surface area contributed by atoms with Gasteiger partial charge >= 0.3 is 6.03 Å². The van der Waals surface area contributed by atoms with Crippen LogP contribution >= 0.6 is 0 Å². The Morgan fingerprint density at radius 1 is 1.10 bits per heavy atom. The van der Waals surface area contributed by atoms with Gasteiger partial charge in [0.15, 0.2) is 0 Å². The van der Waals surface area contributed by atoms with Gasteiger partial charge in [0.05, 0.1) is 6.10 Å². The lowest BCUT2D eigenvalue weighted by Gasteiger charge is -2.39. The minimum absolute atomic E-state index is 0.0251. The summed E-state index contributed by atoms with van der Waals surface area (Å²) >= 11 is 0. The van der Waals surface area contributed by atoms with Crippen LogP contribution < -0.4 is 10.6 Å². The van der Waals surface area contributed by atoms with E-state index >= 15 is 0 Å². The van der Waals surface area contributed by atoms with Crippen LogP contribution in [0.5, 0.6) is 0 Å². The smallest absolute Gasteiger partial charge is 0.315 e. The summed E-state index contributed by atoms with van der Waals surface area (Å²) in [7, 11) is 0. The van der Waals surface area contributed by atoms with Crippen LogP contribution in [-0.2, 0) is 0 Å². The Labute approximate surface area is 122 Å². The zero-order chi connectivity index (χ0) is 14.8. The number of aliphatic hydroxyl groups is 1. The number of aliphatic hydroxyl groups excluding tert-OH is 1. The Morgan fingerprint density at radius 3 is 2.35 bits per heavy atom. The van der Waals surface area contributed by atoms with Crippen molar-refractivity contribution in [1.29, 1.82) is 0 Å². The van der Waals surface area contributed by atoms with Gasteiger partial charge in [-0.05, 0) is 56.3 Å². The van der Waals surface area contributed by atoms with E-state index in [1.54, 1.807) is 0 Å². The van der Waals surface area contributed by atoms with Gasteiger partial charge in [0, 0.05) is 12.1 Å². The maximum Gasteiger partial charge on any atom is 0.315 e. The van der Waals surface area contributed by atoms with Gasteiger partial charge in [0.25, 0.3) is 0 Å². The van der Waals surface area contributed by atoms with Gasteiger partial charge in [-0.15, -0.1) is 0 Å². The molecule has 0 heterocycles. The van der Waals surface area contributed by atoms with E-state index in [0.717, 1.165) is 32.1 Å². The van der Waals surface area contributed by atoms with Crippen LogP contribution in [0.25, 0.3) is 0 Å². The molecule has 3 N–H and O–H groups in total. The molecule has 116 valence electrons. The number of hydrogen-bond acceptors (Lipinski definition) is 2. The fourth-order valence-electron chi connectivity index (χ4n) is 3.78. The van der Waals surface area contributed by atoms with Crippen LogP contribution in [-0.4, -0.2) is 29.3 Å². The first-order valence-corrected chi connectivity index (χ1v) is 8.11. The molecule has 0 aromatic rings. The molecule has 0 aliphatic heterocycles. The molecule has 0 radical (unpaired) electrons. The molecule has 0 saturated heterocycles. The Morgan fingerprint density at radius 2 is 1.75 bits per heavy atom. The summed E-state index contributed by atoms with van der Waals surface area (Å²) in [6.45, 7) is 6.86. The summed E-state index contributed by atoms with van der Waals surface area (Å²) in [5.41, 5.74) is 0.410. The van der Waals surface area contributed by atoms with Crippen molar-refractivity contribution >= 4 is 6.03 Å². The Kier molecular flexibility index (Phi) is 4.95. The summed E-state index contributed by atoms with van der Waals surface area (Å²) < 4.78 is 0. The summed E-state index contributed by atoms with van der Waals surface area (Å²) in [4.78, 5) is 12.1. The summed E-state index contributed by atoms with van der Waals surface area (Å²) in [5, 5.41) is 15.7. The molecule has 2 atom stereocenters. The number of amides is 2. The molecule has 0 bridgehead atoms. The molecule has 2 rings (SSSR count). The van der Waals surface area contributed by atoms with Gasteiger partial charge in [0.1, 0.15) is 0 Å². The highest BCUT2D eigenvalue weighted by Gasteiger charge is 2.33. The third-order valence-corrected chi connectivity index (χ3v) is 5.04. The van der Waals surface area contributed by atoms with E-state index in [9.17, 15) is 9.90 Å². The van der Waals surface area contributed by atoms with Gasteiger partial charge in [-0.2, -0.15) is 0 Å². The fraction of sp³-hybridized carbons (Fsp3) is 0.938. The standard InChI is InChI=1S/C16H30N2O2/c1-11-10-16(2,3)9-8-14(11)18-15(20)17-12-4-6-13(19)7-5-12/h11-14,19H,4-10H2,1-3H3,(H2,17,18,20). The molecular formula is C16H30N2O2. The average Bonchev–Trinajstić information content (AvgIpc) is 2.35. The number of rotatable bonds is 2. The molecule has 4 nitrogen and oxygen atoms in total. The first kappa shape index (κ1) is 15.6. The number of hydrogen-bond donors (Lipinski definition) is 3. The Balaban J connectivity index is 1.74. The number of carbonyl (C=O) groups excluding carboxylic acids is 1. The van der Waals surface area contributed by atoms with E-state index in [1.807, 2.05) is 0 Å². The van der Waals surface area contributed by atoms with E-state index in [-0.39, 0.29) is 18.2 Å². The molecule has 0 spiro atoms. The molecule has 0 aromatic heterocycles. The quantitative estimate of drug-likeness (QED) is 0.729. The van der Waals surface area contributed by atoms with E-state index in [1.165, 1.54) is 12.8 Å². The van der Waals surface area contributed by atoms with Crippen LogP contribution in [0.2, 0.25) is 0 Å². The van der Waals surface area contributed by atoms with Crippen molar-refractivity contribution in [2.45, 2.75) is 83.9 Å². The van der Waals surface area contributed by atoms with Crippen molar-refractivity contribution in [3.63, 3.8) is 0 Å². The van der Waals surface area contributed by atoms with Crippen molar-refractivity contribution in [3.05, 3.63) is 0 Å². The lowest BCUT2D eigenvalue weighted by molar-refractivity contribution is 0.116. The summed E-state index contributed by atoms with van der Waals surface area (Å²) in [6.07, 6.45) is 6.65. The first-order valence-electron chi connectivity index (χ1n) is 8.11. The summed E-state index contributed by atoms with van der Waals surface area (Å²) in [5.74, 6) is 0.540. The normalized spacial score (nSPS) is 37.2. The molecule has 2 unspecified atom stereocenters. The molecule has 2 fully saturated rings. The van der Waals surface area contributed by atoms with Gasteiger partial charge in [-0.25, -0.2) is 4.79 Å². The lowest BCUT2D eigenvalue weighted by Crippen LogP contribution is -2.51. The molecule has 4 heteroatoms. The number of nitrogens with one attached hydrogen (secondary N) is 2. The van der Waals surface area contributed by atoms with Crippen molar-refractivity contribution in [3.8, 4) is 0 Å². The van der Waals surface area contributed by atoms with Crippen LogP contribution in [0.1, 0.15) is 65.7 Å². The van der Waals surface area contributed by atoms with Crippen LogP contribution in [0.3, 0.4) is 0 Å². The third kappa shape index (κ3) is 4.37. The van der Waals surface area contributed by atoms with Crippen LogP contribution in [0, 0.1) is 11.3 Å². The first-order chi connectivity index (χ1) is 9.35. The minimum atomic E-state index is -0.170. The molecule has 2 saturated carbocycles. The van der Waals surface area contributed by atoms with Gasteiger partial charge in [-0.3, -0.25) is 0 Å². The zero-order valence-corrected chi connectivity index (χ0v) is 13.1. The highest BCUT2D eigenvalue weighted by molar-refractivity contribution is 5.74. The maximum atomic E-state index is 12.1. The maximum absolute atomic E-state index is 12.1. The molecule has 2 amide bonds. The van der Waals surface area contributed by atoms with Gasteiger partial charge in [0.2, 0.25) is 0 Å².